The average Bonchev–Trinajstić information content (AvgIpc) is 3.53. The number of amides is 1. The van der Waals surface area contributed by atoms with Crippen LogP contribution in [0.15, 0.2) is 46.8 Å². The number of anilines is 1. The lowest BCUT2D eigenvalue weighted by Crippen LogP contribution is -2.46. The van der Waals surface area contributed by atoms with E-state index in [-0.39, 0.29) is 53.5 Å². The topological polar surface area (TPSA) is 154 Å². The van der Waals surface area contributed by atoms with E-state index < -0.39 is 34.2 Å². The molecule has 53 heavy (non-hydrogen) atoms. The number of benzene rings is 1. The Balaban J connectivity index is 1.32. The highest BCUT2D eigenvalue weighted by Gasteiger charge is 2.34. The molecule has 1 aliphatic rings. The van der Waals surface area contributed by atoms with Crippen molar-refractivity contribution < 1.29 is 26.4 Å². The van der Waals surface area contributed by atoms with E-state index in [9.17, 15) is 36.4 Å². The number of thiophene rings is 1. The van der Waals surface area contributed by atoms with Gasteiger partial charge in [-0.2, -0.15) is 18.4 Å². The number of pyridine rings is 2. The lowest BCUT2D eigenvalue weighted by atomic mass is 10.00. The average molecular weight is 783 g/mol. The Labute approximate surface area is 310 Å². The summed E-state index contributed by atoms with van der Waals surface area (Å²) >= 11 is 7.60. The predicted molar refractivity (Wildman–Crippen MR) is 196 cm³/mol. The Morgan fingerprint density at radius 3 is 2.60 bits per heavy atom. The number of hydrogen-bond acceptors (Lipinski definition) is 11. The fourth-order valence-electron chi connectivity index (χ4n) is 6.35. The van der Waals surface area contributed by atoms with Gasteiger partial charge in [0.25, 0.3) is 11.5 Å². The van der Waals surface area contributed by atoms with Crippen LogP contribution in [0.1, 0.15) is 40.2 Å². The molecule has 0 saturated carbocycles. The Hall–Kier alpha value is -5.07. The molecule has 4 aromatic heterocycles. The largest absolute Gasteiger partial charge is 0.401 e. The van der Waals surface area contributed by atoms with E-state index in [0.29, 0.717) is 50.6 Å². The van der Waals surface area contributed by atoms with E-state index in [2.05, 4.69) is 32.9 Å². The summed E-state index contributed by atoms with van der Waals surface area (Å²) in [7, 11) is -2.09. The quantitative estimate of drug-likeness (QED) is 0.221. The van der Waals surface area contributed by atoms with Crippen LogP contribution in [0.4, 0.5) is 19.0 Å². The molecule has 6 rings (SSSR count). The molecule has 1 fully saturated rings. The Morgan fingerprint density at radius 2 is 1.92 bits per heavy atom. The first-order valence-electron chi connectivity index (χ1n) is 16.0. The minimum absolute atomic E-state index is 0.0177. The number of alkyl halides is 3. The molecule has 0 unspecified atom stereocenters. The minimum atomic E-state index is -4.29. The van der Waals surface area contributed by atoms with Crippen molar-refractivity contribution in [1.82, 2.24) is 29.1 Å². The number of carbonyl (C=O) groups excluding carboxylic acids is 1. The van der Waals surface area contributed by atoms with Gasteiger partial charge in [0.15, 0.2) is 0 Å². The molecule has 1 aliphatic heterocycles. The number of rotatable bonds is 7. The molecule has 0 atom stereocenters. The second-order valence-electron chi connectivity index (χ2n) is 12.5. The Morgan fingerprint density at radius 1 is 1.19 bits per heavy atom. The van der Waals surface area contributed by atoms with E-state index in [1.54, 1.807) is 43.1 Å². The molecule has 0 radical (unpaired) electrons. The van der Waals surface area contributed by atoms with Crippen LogP contribution in [0.5, 0.6) is 0 Å². The van der Waals surface area contributed by atoms with Crippen molar-refractivity contribution in [3.63, 3.8) is 0 Å². The summed E-state index contributed by atoms with van der Waals surface area (Å²) in [5, 5.41) is 12.2. The van der Waals surface area contributed by atoms with Crippen LogP contribution in [0.2, 0.25) is 5.02 Å². The van der Waals surface area contributed by atoms with Crippen LogP contribution in [0.3, 0.4) is 0 Å². The van der Waals surface area contributed by atoms with Crippen LogP contribution >= 0.6 is 22.9 Å². The molecule has 12 nitrogen and oxygen atoms in total. The summed E-state index contributed by atoms with van der Waals surface area (Å²) in [6.45, 7) is 1.03. The van der Waals surface area contributed by atoms with Crippen LogP contribution < -0.4 is 15.2 Å². The lowest BCUT2D eigenvalue weighted by molar-refractivity contribution is -0.147. The van der Waals surface area contributed by atoms with Crippen molar-refractivity contribution in [2.24, 2.45) is 0 Å². The number of halogens is 4. The molecule has 1 saturated heterocycles. The van der Waals surface area contributed by atoms with E-state index in [0.717, 1.165) is 6.26 Å². The highest BCUT2D eigenvalue weighted by atomic mass is 35.5. The second kappa shape index (κ2) is 14.7. The Kier molecular flexibility index (Phi) is 10.5. The number of fused-ring (bicyclic) bond motifs is 2. The number of aryl methyl sites for hydroxylation is 1. The molecule has 1 amide bonds. The molecule has 5 aromatic rings. The molecular weight excluding hydrogens is 753 g/mol. The van der Waals surface area contributed by atoms with E-state index in [1.807, 2.05) is 4.72 Å². The number of carbonyl (C=O) groups is 1. The summed E-state index contributed by atoms with van der Waals surface area (Å²) in [4.78, 5) is 43.0. The van der Waals surface area contributed by atoms with Gasteiger partial charge in [0.05, 0.1) is 52.2 Å². The van der Waals surface area contributed by atoms with Crippen molar-refractivity contribution in [1.29, 1.82) is 5.26 Å². The molecule has 274 valence electrons. The fraction of sp³-hybridized carbons (Fsp3) is 0.314. The number of piperidine rings is 1. The highest BCUT2D eigenvalue weighted by Crippen LogP contribution is 2.36. The van der Waals surface area contributed by atoms with Gasteiger partial charge in [0.1, 0.15) is 23.3 Å². The van der Waals surface area contributed by atoms with E-state index in [4.69, 9.17) is 11.6 Å². The molecule has 0 spiro atoms. The molecular formula is C35H30ClF3N8O4S2. The van der Waals surface area contributed by atoms with Gasteiger partial charge in [-0.1, -0.05) is 23.4 Å². The number of nitrogens with one attached hydrogen (secondary N) is 1. The van der Waals surface area contributed by atoms with Gasteiger partial charge >= 0.3 is 6.18 Å². The third-order valence-corrected chi connectivity index (χ3v) is 10.6. The number of hydrogen-bond donors (Lipinski definition) is 1. The summed E-state index contributed by atoms with van der Waals surface area (Å²) in [5.41, 5.74) is 1.96. The van der Waals surface area contributed by atoms with Gasteiger partial charge in [-0.15, -0.1) is 11.3 Å². The molecule has 1 aromatic carbocycles. The number of likely N-dealkylation sites (tertiary alicyclic amines) is 1. The van der Waals surface area contributed by atoms with Gasteiger partial charge in [0, 0.05) is 59.5 Å². The van der Waals surface area contributed by atoms with Crippen LogP contribution in [-0.4, -0.2) is 83.9 Å². The van der Waals surface area contributed by atoms with E-state index >= 15 is 0 Å². The van der Waals surface area contributed by atoms with Gasteiger partial charge in [0.2, 0.25) is 10.0 Å². The SMILES string of the molecule is Cc1nc2cnc(N(C)C3CCN(CC(F)(F)F)CC3)c(C#N)c2c(=O)n1CC#Cc1ccc(Cl)cc1-c1ccnc2c(C(=O)NS(C)(=O)=O)csc12. The van der Waals surface area contributed by atoms with E-state index in [1.165, 1.54) is 38.6 Å². The van der Waals surface area contributed by atoms with Crippen LogP contribution in [0, 0.1) is 30.1 Å². The standard InChI is InChI=1S/C35H30ClF3N8O4S2/c1-20-43-28-17-42-32(45(2)23-9-13-46(14-10-23)19-35(37,38)39)26(16-40)29(28)34(49)47(20)12-4-5-21-6-7-22(36)15-25(21)24-8-11-41-30-27(18-52-31(24)30)33(48)44-53(3,50)51/h6-8,11,15,17-18,23H,9-10,12-14,19H2,1-3H3,(H,44,48). The number of sulfonamides is 1. The summed E-state index contributed by atoms with van der Waals surface area (Å²) in [6.07, 6.45) is 0.356. The van der Waals surface area contributed by atoms with Crippen molar-refractivity contribution in [3.05, 3.63) is 79.9 Å². The molecule has 1 N–H and O–H groups in total. The molecule has 18 heteroatoms. The van der Waals surface area contributed by atoms with Gasteiger partial charge in [-0.25, -0.2) is 23.1 Å². The third-order valence-electron chi connectivity index (χ3n) is 8.83. The predicted octanol–water partition coefficient (Wildman–Crippen LogP) is 5.11. The summed E-state index contributed by atoms with van der Waals surface area (Å²) < 4.78 is 66.0. The van der Waals surface area contributed by atoms with Crippen molar-refractivity contribution in [2.45, 2.75) is 38.5 Å². The van der Waals surface area contributed by atoms with Gasteiger partial charge in [-0.05, 0) is 44.0 Å². The first kappa shape index (κ1) is 37.7. The molecule has 5 heterocycles. The summed E-state index contributed by atoms with van der Waals surface area (Å²) in [6, 6.07) is 8.72. The monoisotopic (exact) mass is 782 g/mol. The zero-order valence-corrected chi connectivity index (χ0v) is 30.8. The van der Waals surface area contributed by atoms with Crippen LogP contribution in [0.25, 0.3) is 32.2 Å². The molecule has 0 aliphatic carbocycles. The Bertz CT molecular complexity index is 2550. The second-order valence-corrected chi connectivity index (χ2v) is 15.6. The van der Waals surface area contributed by atoms with Crippen LogP contribution in [-0.2, 0) is 16.6 Å². The maximum absolute atomic E-state index is 14.0. The number of nitriles is 1. The maximum atomic E-state index is 14.0. The zero-order valence-electron chi connectivity index (χ0n) is 28.5. The minimum Gasteiger partial charge on any atom is -0.355 e. The molecule has 0 bridgehead atoms. The number of aromatic nitrogens is 4. The van der Waals surface area contributed by atoms with Gasteiger partial charge < -0.3 is 4.90 Å². The van der Waals surface area contributed by atoms with Crippen molar-refractivity contribution >= 4 is 65.8 Å². The highest BCUT2D eigenvalue weighted by molar-refractivity contribution is 7.89. The normalized spacial score (nSPS) is 14.2. The summed E-state index contributed by atoms with van der Waals surface area (Å²) in [5.74, 6) is 5.91. The first-order chi connectivity index (χ1) is 25.0. The zero-order chi connectivity index (χ0) is 38.2. The smallest absolute Gasteiger partial charge is 0.355 e. The van der Waals surface area contributed by atoms with Crippen molar-refractivity contribution in [3.8, 4) is 29.0 Å². The maximum Gasteiger partial charge on any atom is 0.401 e. The lowest BCUT2D eigenvalue weighted by Gasteiger charge is -2.37. The third kappa shape index (κ3) is 8.13. The first-order valence-corrected chi connectivity index (χ1v) is 19.2. The fourth-order valence-corrected chi connectivity index (χ4v) is 8.00. The number of nitrogens with zero attached hydrogens (tertiary/aromatic N) is 7. The van der Waals surface area contributed by atoms with Gasteiger partial charge in [-0.3, -0.25) is 24.0 Å². The van der Waals surface area contributed by atoms with Crippen molar-refractivity contribution in [2.75, 3.05) is 37.8 Å².